The summed E-state index contributed by atoms with van der Waals surface area (Å²) in [6.45, 7) is 0.918. The van der Waals surface area contributed by atoms with Crippen molar-refractivity contribution in [3.63, 3.8) is 0 Å². The number of hydrogen-bond acceptors (Lipinski definition) is 8. The van der Waals surface area contributed by atoms with E-state index in [2.05, 4.69) is 17.5 Å². The molecule has 0 unspecified atom stereocenters. The molecule has 0 aromatic heterocycles. The molecule has 0 spiro atoms. The van der Waals surface area contributed by atoms with Gasteiger partial charge in [-0.3, -0.25) is 14.9 Å². The molecule has 0 radical (unpaired) electrons. The van der Waals surface area contributed by atoms with Crippen LogP contribution in [0.2, 0.25) is 5.02 Å². The number of nitro benzene ring substituents is 1. The predicted molar refractivity (Wildman–Crippen MR) is 125 cm³/mol. The summed E-state index contributed by atoms with van der Waals surface area (Å²) in [5.74, 6) is -1.65. The molecule has 0 bridgehead atoms. The molecule has 0 saturated heterocycles. The van der Waals surface area contributed by atoms with Crippen molar-refractivity contribution in [2.45, 2.75) is 12.8 Å². The van der Waals surface area contributed by atoms with Gasteiger partial charge >= 0.3 is 5.97 Å². The van der Waals surface area contributed by atoms with Crippen LogP contribution in [0, 0.1) is 32.8 Å². The monoisotopic (exact) mass is 481 g/mol. The van der Waals surface area contributed by atoms with Gasteiger partial charge in [0.05, 0.1) is 47.6 Å². The molecule has 1 amide bonds. The minimum atomic E-state index is -0.830. The Morgan fingerprint density at radius 3 is 2.29 bits per heavy atom. The first kappa shape index (κ1) is 25.8. The number of nitro groups is 1. The van der Waals surface area contributed by atoms with Gasteiger partial charge in [-0.05, 0) is 29.8 Å². The molecule has 2 aromatic carbocycles. The molecule has 0 atom stereocenters. The summed E-state index contributed by atoms with van der Waals surface area (Å²) in [4.78, 5) is 37.2. The molecule has 11 heteroatoms. The van der Waals surface area contributed by atoms with Crippen molar-refractivity contribution in [3.05, 3.63) is 74.4 Å². The number of nitriles is 2. The number of hydrogen-bond donors (Lipinski definition) is 1. The first-order valence-corrected chi connectivity index (χ1v) is 10.3. The van der Waals surface area contributed by atoms with Crippen LogP contribution >= 0.6 is 11.6 Å². The second-order valence-electron chi connectivity index (χ2n) is 6.82. The largest absolute Gasteiger partial charge is 0.464 e. The lowest BCUT2D eigenvalue weighted by Gasteiger charge is -2.22. The van der Waals surface area contributed by atoms with E-state index in [9.17, 15) is 19.7 Å². The fourth-order valence-electron chi connectivity index (χ4n) is 2.93. The fourth-order valence-corrected chi connectivity index (χ4v) is 3.14. The number of carbonyl (C=O) groups is 2. The van der Waals surface area contributed by atoms with Gasteiger partial charge in [0.2, 0.25) is 0 Å². The number of non-ortho nitro benzene ring substituents is 1. The Hall–Kier alpha value is -4.41. The number of nitrogens with zero attached hydrogens (tertiary/aromatic N) is 4. The minimum Gasteiger partial charge on any atom is -0.464 e. The Balaban J connectivity index is 2.30. The molecule has 0 aliphatic rings. The van der Waals surface area contributed by atoms with E-state index in [-0.39, 0.29) is 22.0 Å². The third-order valence-corrected chi connectivity index (χ3v) is 4.94. The summed E-state index contributed by atoms with van der Waals surface area (Å²) >= 11 is 6.01. The number of esters is 1. The summed E-state index contributed by atoms with van der Waals surface area (Å²) in [6.07, 6.45) is 1.98. The molecule has 0 aliphatic carbocycles. The number of benzene rings is 2. The average Bonchev–Trinajstić information content (AvgIpc) is 2.83. The van der Waals surface area contributed by atoms with Crippen LogP contribution in [0.5, 0.6) is 0 Å². The van der Waals surface area contributed by atoms with E-state index < -0.39 is 16.8 Å². The quantitative estimate of drug-likeness (QED) is 0.233. The molecule has 0 heterocycles. The second kappa shape index (κ2) is 12.6. The van der Waals surface area contributed by atoms with Crippen molar-refractivity contribution in [2.24, 2.45) is 0 Å². The average molecular weight is 482 g/mol. The minimum absolute atomic E-state index is 0.0218. The van der Waals surface area contributed by atoms with Crippen LogP contribution in [0.4, 0.5) is 11.4 Å². The lowest BCUT2D eigenvalue weighted by Crippen LogP contribution is -2.28. The van der Waals surface area contributed by atoms with E-state index >= 15 is 0 Å². The number of halogens is 1. The molecule has 0 saturated carbocycles. The Bertz CT molecular complexity index is 1160. The van der Waals surface area contributed by atoms with E-state index in [1.54, 1.807) is 24.3 Å². The Morgan fingerprint density at radius 2 is 1.76 bits per heavy atom. The Labute approximate surface area is 200 Å². The molecule has 174 valence electrons. The van der Waals surface area contributed by atoms with Crippen LogP contribution in [0.3, 0.4) is 0 Å². The molecule has 1 N–H and O–H groups in total. The van der Waals surface area contributed by atoms with Crippen LogP contribution in [-0.4, -0.2) is 37.0 Å². The van der Waals surface area contributed by atoms with Crippen LogP contribution in [0.15, 0.2) is 48.2 Å². The highest BCUT2D eigenvalue weighted by molar-refractivity contribution is 6.34. The molecular weight excluding hydrogens is 462 g/mol. The first-order valence-electron chi connectivity index (χ1n) is 9.95. The molecule has 2 aromatic rings. The fraction of sp³-hybridized carbons (Fsp3) is 0.217. The zero-order valence-corrected chi connectivity index (χ0v) is 18.9. The summed E-state index contributed by atoms with van der Waals surface area (Å²) in [6, 6.07) is 14.4. The lowest BCUT2D eigenvalue weighted by atomic mass is 10.1. The number of anilines is 1. The lowest BCUT2D eigenvalue weighted by molar-refractivity contribution is -0.384. The van der Waals surface area contributed by atoms with E-state index in [1.165, 1.54) is 12.1 Å². The number of methoxy groups -OCH3 is 1. The summed E-state index contributed by atoms with van der Waals surface area (Å²) in [5.41, 5.74) is 0.635. The first-order chi connectivity index (χ1) is 16.3. The van der Waals surface area contributed by atoms with E-state index in [0.717, 1.165) is 24.9 Å². The standard InChI is InChI=1S/C23H20ClN5O5/c1-34-23(31)21(27-22(30)19-15-18(29(32)33)8-9-20(19)24)14-16-4-6-17(7-5-16)28(12-2-10-25)13-3-11-26/h4-9,14-15H,2-3,12-13H2,1H3,(H,27,30)/b21-14-. The summed E-state index contributed by atoms with van der Waals surface area (Å²) < 4.78 is 4.73. The van der Waals surface area contributed by atoms with Gasteiger partial charge in [0.1, 0.15) is 5.70 Å². The van der Waals surface area contributed by atoms with Gasteiger partial charge in [-0.2, -0.15) is 10.5 Å². The van der Waals surface area contributed by atoms with Gasteiger partial charge in [-0.1, -0.05) is 23.7 Å². The molecule has 34 heavy (non-hydrogen) atoms. The maximum atomic E-state index is 12.7. The number of rotatable bonds is 10. The topological polar surface area (TPSA) is 149 Å². The highest BCUT2D eigenvalue weighted by atomic mass is 35.5. The number of amides is 1. The zero-order valence-electron chi connectivity index (χ0n) is 18.2. The SMILES string of the molecule is COC(=O)/C(=C/c1ccc(N(CCC#N)CCC#N)cc1)NC(=O)c1cc([N+](=O)[O-])ccc1Cl. The van der Waals surface area contributed by atoms with Crippen LogP contribution in [0.1, 0.15) is 28.8 Å². The second-order valence-corrected chi connectivity index (χ2v) is 7.23. The Kier molecular flexibility index (Phi) is 9.56. The Morgan fingerprint density at radius 1 is 1.15 bits per heavy atom. The summed E-state index contributed by atoms with van der Waals surface area (Å²) in [5, 5.41) is 31.1. The van der Waals surface area contributed by atoms with Crippen molar-refractivity contribution < 1.29 is 19.2 Å². The van der Waals surface area contributed by atoms with Gasteiger partial charge < -0.3 is 15.0 Å². The molecule has 0 aliphatic heterocycles. The van der Waals surface area contributed by atoms with Crippen LogP contribution in [-0.2, 0) is 9.53 Å². The van der Waals surface area contributed by atoms with E-state index in [4.69, 9.17) is 26.9 Å². The van der Waals surface area contributed by atoms with Gasteiger partial charge in [-0.15, -0.1) is 0 Å². The summed E-state index contributed by atoms with van der Waals surface area (Å²) in [7, 11) is 1.15. The van der Waals surface area contributed by atoms with Crippen molar-refractivity contribution in [1.29, 1.82) is 10.5 Å². The third kappa shape index (κ3) is 7.05. The zero-order chi connectivity index (χ0) is 25.1. The van der Waals surface area contributed by atoms with Crippen molar-refractivity contribution in [2.75, 3.05) is 25.1 Å². The number of carbonyl (C=O) groups excluding carboxylic acids is 2. The number of nitrogens with one attached hydrogen (secondary N) is 1. The van der Waals surface area contributed by atoms with Crippen LogP contribution in [0.25, 0.3) is 6.08 Å². The van der Waals surface area contributed by atoms with Crippen molar-refractivity contribution in [3.8, 4) is 12.1 Å². The van der Waals surface area contributed by atoms with Crippen LogP contribution < -0.4 is 10.2 Å². The highest BCUT2D eigenvalue weighted by Gasteiger charge is 2.20. The van der Waals surface area contributed by atoms with E-state index in [1.807, 2.05) is 4.90 Å². The van der Waals surface area contributed by atoms with Crippen molar-refractivity contribution >= 4 is 40.9 Å². The number of ether oxygens (including phenoxy) is 1. The van der Waals surface area contributed by atoms with Gasteiger partial charge in [0.15, 0.2) is 0 Å². The highest BCUT2D eigenvalue weighted by Crippen LogP contribution is 2.23. The van der Waals surface area contributed by atoms with E-state index in [0.29, 0.717) is 31.5 Å². The molecular formula is C23H20ClN5O5. The van der Waals surface area contributed by atoms with Gasteiger partial charge in [-0.25, -0.2) is 4.79 Å². The normalized spacial score (nSPS) is 10.5. The van der Waals surface area contributed by atoms with Crippen molar-refractivity contribution in [1.82, 2.24) is 5.32 Å². The predicted octanol–water partition coefficient (Wildman–Crippen LogP) is 3.83. The maximum absolute atomic E-state index is 12.7. The molecule has 2 rings (SSSR count). The van der Waals surface area contributed by atoms with Gasteiger partial charge in [0.25, 0.3) is 11.6 Å². The smallest absolute Gasteiger partial charge is 0.354 e. The maximum Gasteiger partial charge on any atom is 0.354 e. The molecule has 10 nitrogen and oxygen atoms in total. The molecule has 0 fully saturated rings. The van der Waals surface area contributed by atoms with Gasteiger partial charge in [0, 0.05) is 30.9 Å². The third-order valence-electron chi connectivity index (χ3n) is 4.62.